The zero-order valence-corrected chi connectivity index (χ0v) is 11.6. The van der Waals surface area contributed by atoms with E-state index in [1.54, 1.807) is 0 Å². The van der Waals surface area contributed by atoms with E-state index >= 15 is 0 Å². The van der Waals surface area contributed by atoms with Crippen LogP contribution in [-0.4, -0.2) is 11.7 Å². The highest BCUT2D eigenvalue weighted by Gasteiger charge is 2.40. The number of fused-ring (bicyclic) bond motifs is 1. The molecule has 0 saturated carbocycles. The first-order chi connectivity index (χ1) is 8.77. The van der Waals surface area contributed by atoms with Gasteiger partial charge >= 0.3 is 0 Å². The second-order valence-electron chi connectivity index (χ2n) is 4.74. The highest BCUT2D eigenvalue weighted by molar-refractivity contribution is 7.16. The second-order valence-corrected chi connectivity index (χ2v) is 5.32. The first kappa shape index (κ1) is 13.1. The van der Waals surface area contributed by atoms with Crippen LogP contribution in [0, 0.1) is 0 Å². The molecule has 3 nitrogen and oxygen atoms in total. The third-order valence-electron chi connectivity index (χ3n) is 3.85. The van der Waals surface area contributed by atoms with Gasteiger partial charge in [-0.3, -0.25) is 0 Å². The van der Waals surface area contributed by atoms with Crippen molar-refractivity contribution in [3.63, 3.8) is 0 Å². The van der Waals surface area contributed by atoms with E-state index in [1.165, 1.54) is 11.1 Å². The van der Waals surface area contributed by atoms with Crippen molar-refractivity contribution in [2.24, 2.45) is 5.11 Å². The summed E-state index contributed by atoms with van der Waals surface area (Å²) in [6.07, 6.45) is 5.63. The molecule has 2 rings (SSSR count). The standard InChI is InChI=1S/C14H18N3P/c1-2-13-12-6-4-3-5-11(12)7-8-14(13,9-10-18)16-17-15/h2-6,13H,1,7-10,18H2/t13-,14-/m0/s1. The van der Waals surface area contributed by atoms with Crippen molar-refractivity contribution >= 4 is 9.24 Å². The van der Waals surface area contributed by atoms with Gasteiger partial charge in [0, 0.05) is 10.8 Å². The van der Waals surface area contributed by atoms with Crippen molar-refractivity contribution in [1.82, 2.24) is 0 Å². The van der Waals surface area contributed by atoms with Gasteiger partial charge in [-0.05, 0) is 42.1 Å². The van der Waals surface area contributed by atoms with E-state index in [0.29, 0.717) is 0 Å². The Morgan fingerprint density at radius 1 is 1.56 bits per heavy atom. The SMILES string of the molecule is C=C[C@H]1c2ccccc2CC[C@@]1(CCP)N=[N+]=[N-]. The highest BCUT2D eigenvalue weighted by Crippen LogP contribution is 2.45. The molecule has 0 fully saturated rings. The Morgan fingerprint density at radius 3 is 3.00 bits per heavy atom. The average molecular weight is 259 g/mol. The van der Waals surface area contributed by atoms with E-state index in [0.717, 1.165) is 25.4 Å². The Balaban J connectivity index is 2.51. The molecule has 1 aromatic carbocycles. The normalized spacial score (nSPS) is 25.9. The molecule has 1 aromatic rings. The van der Waals surface area contributed by atoms with Gasteiger partial charge in [0.05, 0.1) is 5.54 Å². The molecule has 1 unspecified atom stereocenters. The van der Waals surface area contributed by atoms with Gasteiger partial charge in [-0.15, -0.1) is 15.8 Å². The molecule has 0 spiro atoms. The molecule has 0 heterocycles. The molecule has 3 atom stereocenters. The maximum atomic E-state index is 8.89. The van der Waals surface area contributed by atoms with Crippen LogP contribution >= 0.6 is 9.24 Å². The van der Waals surface area contributed by atoms with E-state index in [-0.39, 0.29) is 11.5 Å². The molecule has 0 N–H and O–H groups in total. The van der Waals surface area contributed by atoms with Gasteiger partial charge in [-0.1, -0.05) is 35.5 Å². The first-order valence-corrected chi connectivity index (χ1v) is 7.06. The van der Waals surface area contributed by atoms with Crippen LogP contribution in [0.25, 0.3) is 10.4 Å². The van der Waals surface area contributed by atoms with Crippen molar-refractivity contribution in [2.75, 3.05) is 6.16 Å². The summed E-state index contributed by atoms with van der Waals surface area (Å²) < 4.78 is 0. The molecule has 0 radical (unpaired) electrons. The maximum absolute atomic E-state index is 8.89. The van der Waals surface area contributed by atoms with Gasteiger partial charge < -0.3 is 0 Å². The summed E-state index contributed by atoms with van der Waals surface area (Å²) in [6.45, 7) is 3.95. The van der Waals surface area contributed by atoms with Crippen LogP contribution in [0.4, 0.5) is 0 Å². The largest absolute Gasteiger partial charge is 0.138 e. The number of benzene rings is 1. The second kappa shape index (κ2) is 5.56. The minimum atomic E-state index is -0.341. The van der Waals surface area contributed by atoms with E-state index < -0.39 is 0 Å². The number of nitrogens with zero attached hydrogens (tertiary/aromatic N) is 3. The smallest absolute Gasteiger partial charge is 0.0597 e. The van der Waals surface area contributed by atoms with Crippen LogP contribution in [0.5, 0.6) is 0 Å². The number of hydrogen-bond donors (Lipinski definition) is 0. The molecule has 18 heavy (non-hydrogen) atoms. The van der Waals surface area contributed by atoms with Crippen LogP contribution < -0.4 is 0 Å². The maximum Gasteiger partial charge on any atom is 0.0597 e. The van der Waals surface area contributed by atoms with Crippen molar-refractivity contribution < 1.29 is 0 Å². The molecule has 1 aliphatic rings. The van der Waals surface area contributed by atoms with E-state index in [1.807, 2.05) is 12.1 Å². The van der Waals surface area contributed by atoms with Crippen molar-refractivity contribution in [3.8, 4) is 0 Å². The molecule has 0 saturated heterocycles. The van der Waals surface area contributed by atoms with Gasteiger partial charge in [0.2, 0.25) is 0 Å². The van der Waals surface area contributed by atoms with Crippen LogP contribution in [0.2, 0.25) is 0 Å². The fourth-order valence-electron chi connectivity index (χ4n) is 2.99. The summed E-state index contributed by atoms with van der Waals surface area (Å²) in [6, 6.07) is 8.40. The molecule has 0 bridgehead atoms. The number of aryl methyl sites for hydroxylation is 1. The van der Waals surface area contributed by atoms with Crippen molar-refractivity contribution in [1.29, 1.82) is 0 Å². The zero-order valence-electron chi connectivity index (χ0n) is 10.4. The van der Waals surface area contributed by atoms with Crippen molar-refractivity contribution in [2.45, 2.75) is 30.7 Å². The third-order valence-corrected chi connectivity index (χ3v) is 4.14. The fourth-order valence-corrected chi connectivity index (χ4v) is 3.49. The van der Waals surface area contributed by atoms with Crippen LogP contribution in [-0.2, 0) is 6.42 Å². The summed E-state index contributed by atoms with van der Waals surface area (Å²) in [5, 5.41) is 4.15. The summed E-state index contributed by atoms with van der Waals surface area (Å²) in [7, 11) is 2.73. The van der Waals surface area contributed by atoms with E-state index in [2.05, 4.69) is 44.0 Å². The van der Waals surface area contributed by atoms with Gasteiger partial charge in [0.1, 0.15) is 0 Å². The third kappa shape index (κ3) is 2.16. The first-order valence-electron chi connectivity index (χ1n) is 6.24. The molecule has 0 aromatic heterocycles. The quantitative estimate of drug-likeness (QED) is 0.255. The topological polar surface area (TPSA) is 48.8 Å². The summed E-state index contributed by atoms with van der Waals surface area (Å²) >= 11 is 0. The minimum Gasteiger partial charge on any atom is -0.138 e. The molecule has 4 heteroatoms. The van der Waals surface area contributed by atoms with Crippen LogP contribution in [0.15, 0.2) is 42.0 Å². The lowest BCUT2D eigenvalue weighted by Gasteiger charge is -2.40. The average Bonchev–Trinajstić information content (AvgIpc) is 2.39. The number of hydrogen-bond acceptors (Lipinski definition) is 1. The minimum absolute atomic E-state index is 0.124. The summed E-state index contributed by atoms with van der Waals surface area (Å²) in [5.41, 5.74) is 11.2. The predicted octanol–water partition coefficient (Wildman–Crippen LogP) is 4.22. The molecule has 0 aliphatic heterocycles. The van der Waals surface area contributed by atoms with Crippen molar-refractivity contribution in [3.05, 3.63) is 58.5 Å². The molecule has 1 aliphatic carbocycles. The Morgan fingerprint density at radius 2 is 2.33 bits per heavy atom. The lowest BCUT2D eigenvalue weighted by molar-refractivity contribution is 0.328. The number of azide groups is 1. The number of rotatable bonds is 4. The predicted molar refractivity (Wildman–Crippen MR) is 78.8 cm³/mol. The summed E-state index contributed by atoms with van der Waals surface area (Å²) in [4.78, 5) is 3.09. The van der Waals surface area contributed by atoms with E-state index in [9.17, 15) is 0 Å². The Hall–Kier alpha value is -1.30. The Kier molecular flexibility index (Phi) is 4.06. The molecular weight excluding hydrogens is 241 g/mol. The molecule has 94 valence electrons. The zero-order chi connectivity index (χ0) is 13.0. The van der Waals surface area contributed by atoms with Gasteiger partial charge in [0.15, 0.2) is 0 Å². The summed E-state index contributed by atoms with van der Waals surface area (Å²) in [5.74, 6) is 0.124. The van der Waals surface area contributed by atoms with Gasteiger partial charge in [-0.2, -0.15) is 0 Å². The molecule has 0 amide bonds. The molecular formula is C14H18N3P. The van der Waals surface area contributed by atoms with Gasteiger partial charge in [-0.25, -0.2) is 0 Å². The Bertz CT molecular complexity index is 494. The highest BCUT2D eigenvalue weighted by atomic mass is 31.0. The van der Waals surface area contributed by atoms with Crippen LogP contribution in [0.3, 0.4) is 0 Å². The van der Waals surface area contributed by atoms with Gasteiger partial charge in [0.25, 0.3) is 0 Å². The lowest BCUT2D eigenvalue weighted by Crippen LogP contribution is -2.38. The fraction of sp³-hybridized carbons (Fsp3) is 0.429. The van der Waals surface area contributed by atoms with Crippen LogP contribution in [0.1, 0.15) is 29.9 Å². The Labute approximate surface area is 110 Å². The monoisotopic (exact) mass is 259 g/mol. The van der Waals surface area contributed by atoms with E-state index in [4.69, 9.17) is 5.53 Å². The lowest BCUT2D eigenvalue weighted by atomic mass is 9.69.